The Bertz CT molecular complexity index is 1510. The van der Waals surface area contributed by atoms with E-state index >= 15 is 0 Å². The molecular weight excluding hydrogens is 534 g/mol. The number of likely N-dealkylation sites (N-methyl/N-ethyl adjacent to an activating group) is 1. The highest BCUT2D eigenvalue weighted by atomic mass is 35.5. The van der Waals surface area contributed by atoms with Crippen LogP contribution in [0.3, 0.4) is 0 Å². The van der Waals surface area contributed by atoms with Gasteiger partial charge in [-0.15, -0.1) is 11.3 Å². The Morgan fingerprint density at radius 2 is 1.79 bits per heavy atom. The monoisotopic (exact) mass is 565 g/mol. The summed E-state index contributed by atoms with van der Waals surface area (Å²) in [5.41, 5.74) is 3.82. The van der Waals surface area contributed by atoms with Gasteiger partial charge >= 0.3 is 5.97 Å². The van der Waals surface area contributed by atoms with Crippen LogP contribution in [0, 0.1) is 6.92 Å². The fraction of sp³-hybridized carbons (Fsp3) is 0.379. The minimum absolute atomic E-state index is 0.603. The van der Waals surface area contributed by atoms with E-state index in [4.69, 9.17) is 26.3 Å². The Labute approximate surface area is 237 Å². The van der Waals surface area contributed by atoms with E-state index in [1.54, 1.807) is 12.4 Å². The number of aryl methyl sites for hydroxylation is 1. The summed E-state index contributed by atoms with van der Waals surface area (Å²) < 4.78 is 6.97. The highest BCUT2D eigenvalue weighted by Crippen LogP contribution is 2.44. The molecule has 204 valence electrons. The molecule has 2 aromatic carbocycles. The number of piperazine rings is 1. The fourth-order valence-electron chi connectivity index (χ4n) is 4.79. The van der Waals surface area contributed by atoms with Crippen LogP contribution >= 0.6 is 22.9 Å². The molecule has 0 spiro atoms. The molecule has 0 aliphatic carbocycles. The molecule has 8 nitrogen and oxygen atoms in total. The quantitative estimate of drug-likeness (QED) is 0.301. The zero-order valence-corrected chi connectivity index (χ0v) is 24.3. The van der Waals surface area contributed by atoms with Crippen molar-refractivity contribution in [3.8, 4) is 21.8 Å². The number of aliphatic carboxylic acids is 1. The number of aromatic nitrogens is 3. The molecule has 5 rings (SSSR count). The van der Waals surface area contributed by atoms with Gasteiger partial charge in [0.1, 0.15) is 16.5 Å². The number of anilines is 1. The molecule has 3 heterocycles. The lowest BCUT2D eigenvalue weighted by molar-refractivity contribution is -0.160. The minimum Gasteiger partial charge on any atom is -0.479 e. The van der Waals surface area contributed by atoms with E-state index in [0.29, 0.717) is 16.3 Å². The van der Waals surface area contributed by atoms with Gasteiger partial charge < -0.3 is 19.6 Å². The van der Waals surface area contributed by atoms with Crippen LogP contribution in [-0.4, -0.2) is 69.8 Å². The first-order valence-electron chi connectivity index (χ1n) is 12.9. The van der Waals surface area contributed by atoms with Gasteiger partial charge in [-0.25, -0.2) is 14.8 Å². The standard InChI is InChI=1S/C29H32ClN5O3S/c1-17-14-20-26(39-27(33-20)21-15-31-16-22(32-21)35-12-10-34(5)11-13-35)24(18-6-8-19(30)9-7-18)23(17)25(28(36)37)38-29(2,3)4/h6-9,14-16,25H,10-13H2,1-5H3,(H,36,37). The van der Waals surface area contributed by atoms with Gasteiger partial charge in [-0.05, 0) is 64.1 Å². The summed E-state index contributed by atoms with van der Waals surface area (Å²) in [4.78, 5) is 31.4. The van der Waals surface area contributed by atoms with Crippen LogP contribution in [0.1, 0.15) is 38.0 Å². The molecular formula is C29H32ClN5O3S. The highest BCUT2D eigenvalue weighted by Gasteiger charge is 2.32. The number of rotatable bonds is 6. The third-order valence-electron chi connectivity index (χ3n) is 6.69. The summed E-state index contributed by atoms with van der Waals surface area (Å²) in [6, 6.07) is 9.36. The maximum absolute atomic E-state index is 12.6. The molecule has 0 amide bonds. The summed E-state index contributed by atoms with van der Waals surface area (Å²) in [6.45, 7) is 11.2. The predicted molar refractivity (Wildman–Crippen MR) is 157 cm³/mol. The van der Waals surface area contributed by atoms with E-state index in [1.807, 2.05) is 58.0 Å². The number of thiazole rings is 1. The minimum atomic E-state index is -1.16. The van der Waals surface area contributed by atoms with E-state index in [-0.39, 0.29) is 0 Å². The third-order valence-corrected chi connectivity index (χ3v) is 8.05. The topological polar surface area (TPSA) is 91.7 Å². The summed E-state index contributed by atoms with van der Waals surface area (Å²) in [5.74, 6) is -0.211. The zero-order chi connectivity index (χ0) is 27.9. The molecule has 1 atom stereocenters. The molecule has 4 aromatic rings. The largest absolute Gasteiger partial charge is 0.479 e. The maximum Gasteiger partial charge on any atom is 0.337 e. The molecule has 0 saturated carbocycles. The first kappa shape index (κ1) is 27.5. The fourth-order valence-corrected chi connectivity index (χ4v) is 6.00. The number of benzene rings is 2. The first-order chi connectivity index (χ1) is 18.5. The Hall–Kier alpha value is -3.11. The molecule has 1 aliphatic rings. The van der Waals surface area contributed by atoms with Crippen molar-refractivity contribution in [2.45, 2.75) is 39.4 Å². The highest BCUT2D eigenvalue weighted by molar-refractivity contribution is 7.22. The molecule has 1 aliphatic heterocycles. The van der Waals surface area contributed by atoms with Crippen LogP contribution in [0.25, 0.3) is 32.0 Å². The number of hydrogen-bond acceptors (Lipinski definition) is 8. The summed E-state index contributed by atoms with van der Waals surface area (Å²) in [5, 5.41) is 11.6. The molecule has 1 saturated heterocycles. The number of carboxylic acids is 1. The average molecular weight is 566 g/mol. The molecule has 0 radical (unpaired) electrons. The summed E-state index contributed by atoms with van der Waals surface area (Å²) in [7, 11) is 2.12. The Kier molecular flexibility index (Phi) is 7.61. The summed E-state index contributed by atoms with van der Waals surface area (Å²) in [6.07, 6.45) is 2.37. The molecule has 39 heavy (non-hydrogen) atoms. The number of hydrogen-bond donors (Lipinski definition) is 1. The Morgan fingerprint density at radius 3 is 2.44 bits per heavy atom. The van der Waals surface area contributed by atoms with E-state index < -0.39 is 17.7 Å². The number of fused-ring (bicyclic) bond motifs is 1. The van der Waals surface area contributed by atoms with Gasteiger partial charge in [-0.2, -0.15) is 0 Å². The molecule has 1 fully saturated rings. The number of nitrogens with zero attached hydrogens (tertiary/aromatic N) is 5. The Morgan fingerprint density at radius 1 is 1.10 bits per heavy atom. The van der Waals surface area contributed by atoms with Crippen LogP contribution in [0.2, 0.25) is 5.02 Å². The average Bonchev–Trinajstić information content (AvgIpc) is 3.31. The third kappa shape index (κ3) is 5.91. The van der Waals surface area contributed by atoms with Crippen LogP contribution in [0.5, 0.6) is 0 Å². The van der Waals surface area contributed by atoms with Gasteiger partial charge in [0.25, 0.3) is 0 Å². The number of carbonyl (C=O) groups is 1. The van der Waals surface area contributed by atoms with E-state index in [9.17, 15) is 9.90 Å². The van der Waals surface area contributed by atoms with Gasteiger partial charge in [0, 0.05) is 42.3 Å². The van der Waals surface area contributed by atoms with Crippen molar-refractivity contribution in [2.24, 2.45) is 0 Å². The van der Waals surface area contributed by atoms with Crippen LogP contribution in [0.15, 0.2) is 42.7 Å². The van der Waals surface area contributed by atoms with Gasteiger partial charge in [-0.1, -0.05) is 23.7 Å². The Balaban J connectivity index is 1.67. The number of halogens is 1. The van der Waals surface area contributed by atoms with E-state index in [0.717, 1.165) is 63.9 Å². The zero-order valence-electron chi connectivity index (χ0n) is 22.7. The van der Waals surface area contributed by atoms with Crippen LogP contribution in [-0.2, 0) is 9.53 Å². The van der Waals surface area contributed by atoms with Crippen LogP contribution in [0.4, 0.5) is 5.82 Å². The molecule has 1 N–H and O–H groups in total. The van der Waals surface area contributed by atoms with Gasteiger partial charge in [0.2, 0.25) is 0 Å². The second-order valence-corrected chi connectivity index (χ2v) is 12.3. The van der Waals surface area contributed by atoms with E-state index in [1.165, 1.54) is 11.3 Å². The lowest BCUT2D eigenvalue weighted by atomic mass is 9.91. The normalized spacial score (nSPS) is 15.6. The van der Waals surface area contributed by atoms with Crippen molar-refractivity contribution in [3.05, 3.63) is 58.9 Å². The van der Waals surface area contributed by atoms with Gasteiger partial charge in [0.05, 0.1) is 28.2 Å². The number of carboxylic acid groups (broad SMARTS) is 1. The lowest BCUT2D eigenvalue weighted by Gasteiger charge is -2.33. The predicted octanol–water partition coefficient (Wildman–Crippen LogP) is 6.07. The van der Waals surface area contributed by atoms with Crippen molar-refractivity contribution < 1.29 is 14.6 Å². The smallest absolute Gasteiger partial charge is 0.337 e. The second kappa shape index (κ2) is 10.8. The van der Waals surface area contributed by atoms with Crippen molar-refractivity contribution in [2.75, 3.05) is 38.1 Å². The van der Waals surface area contributed by atoms with E-state index in [2.05, 4.69) is 21.8 Å². The molecule has 10 heteroatoms. The molecule has 2 aromatic heterocycles. The van der Waals surface area contributed by atoms with Crippen molar-refractivity contribution in [3.63, 3.8) is 0 Å². The SMILES string of the molecule is Cc1cc2nc(-c3cncc(N4CCN(C)CC4)n3)sc2c(-c2ccc(Cl)cc2)c1C(OC(C)(C)C)C(=O)O. The summed E-state index contributed by atoms with van der Waals surface area (Å²) >= 11 is 7.69. The number of ether oxygens (including phenoxy) is 1. The maximum atomic E-state index is 12.6. The van der Waals surface area contributed by atoms with Gasteiger partial charge in [-0.3, -0.25) is 4.98 Å². The lowest BCUT2D eigenvalue weighted by Crippen LogP contribution is -2.44. The second-order valence-electron chi connectivity index (χ2n) is 10.9. The van der Waals surface area contributed by atoms with Crippen LogP contribution < -0.4 is 4.90 Å². The van der Waals surface area contributed by atoms with Crippen molar-refractivity contribution in [1.29, 1.82) is 0 Å². The van der Waals surface area contributed by atoms with Gasteiger partial charge in [0.15, 0.2) is 6.10 Å². The first-order valence-corrected chi connectivity index (χ1v) is 14.1. The van der Waals surface area contributed by atoms with Crippen molar-refractivity contribution >= 4 is 44.9 Å². The molecule has 0 bridgehead atoms. The molecule has 1 unspecified atom stereocenters. The van der Waals surface area contributed by atoms with Crippen molar-refractivity contribution in [1.82, 2.24) is 19.9 Å².